The minimum absolute atomic E-state index is 0.178. The summed E-state index contributed by atoms with van der Waals surface area (Å²) in [6, 6.07) is 7.15. The number of hydrogen-bond acceptors (Lipinski definition) is 3. The fraction of sp³-hybridized carbons (Fsp3) is 0.0833. The van der Waals surface area contributed by atoms with Gasteiger partial charge in [0.1, 0.15) is 11.0 Å². The van der Waals surface area contributed by atoms with Crippen molar-refractivity contribution in [3.05, 3.63) is 57.1 Å². The van der Waals surface area contributed by atoms with Crippen LogP contribution in [0.2, 0.25) is 10.3 Å². The van der Waals surface area contributed by atoms with Crippen molar-refractivity contribution in [2.24, 2.45) is 0 Å². The smallest absolute Gasteiger partial charge is 0.258 e. The van der Waals surface area contributed by atoms with E-state index in [0.29, 0.717) is 28.4 Å². The number of rotatable bonds is 2. The third-order valence-electron chi connectivity index (χ3n) is 2.71. The van der Waals surface area contributed by atoms with Gasteiger partial charge < -0.3 is 9.55 Å². The number of fused-ring (bicyclic) bond motifs is 1. The molecule has 96 valence electrons. The monoisotopic (exact) mass is 294 g/mol. The highest BCUT2D eigenvalue weighted by atomic mass is 35.5. The summed E-state index contributed by atoms with van der Waals surface area (Å²) in [6.45, 7) is 0.304. The number of hydrogen-bond donors (Lipinski definition) is 1. The number of benzene rings is 1. The average molecular weight is 295 g/mol. The van der Waals surface area contributed by atoms with Crippen molar-refractivity contribution in [1.29, 1.82) is 0 Å². The Kier molecular flexibility index (Phi) is 3.00. The first-order valence-corrected chi connectivity index (χ1v) is 6.25. The van der Waals surface area contributed by atoms with Crippen molar-refractivity contribution < 1.29 is 0 Å². The topological polar surface area (TPSA) is 63.6 Å². The van der Waals surface area contributed by atoms with E-state index in [2.05, 4.69) is 15.0 Å². The number of nitrogens with one attached hydrogen (secondary N) is 1. The zero-order chi connectivity index (χ0) is 13.4. The normalized spacial score (nSPS) is 11.1. The lowest BCUT2D eigenvalue weighted by Gasteiger charge is -2.04. The lowest BCUT2D eigenvalue weighted by Crippen LogP contribution is -2.14. The van der Waals surface area contributed by atoms with E-state index < -0.39 is 0 Å². The van der Waals surface area contributed by atoms with Crippen molar-refractivity contribution in [1.82, 2.24) is 19.5 Å². The molecule has 0 saturated carbocycles. The van der Waals surface area contributed by atoms with Gasteiger partial charge in [0.05, 0.1) is 23.8 Å². The summed E-state index contributed by atoms with van der Waals surface area (Å²) < 4.78 is 1.61. The first kappa shape index (κ1) is 12.2. The van der Waals surface area contributed by atoms with E-state index in [1.54, 1.807) is 22.8 Å². The summed E-state index contributed by atoms with van der Waals surface area (Å²) in [5.74, 6) is 0.500. The summed E-state index contributed by atoms with van der Waals surface area (Å²) in [6.07, 6.45) is 1.50. The quantitative estimate of drug-likeness (QED) is 0.790. The molecule has 0 bridgehead atoms. The van der Waals surface area contributed by atoms with Crippen LogP contribution in [0.3, 0.4) is 0 Å². The van der Waals surface area contributed by atoms with Gasteiger partial charge in [-0.25, -0.2) is 9.97 Å². The minimum atomic E-state index is -0.178. The van der Waals surface area contributed by atoms with Crippen LogP contribution in [0.4, 0.5) is 0 Å². The molecule has 2 aromatic heterocycles. The third kappa shape index (κ3) is 2.22. The summed E-state index contributed by atoms with van der Waals surface area (Å²) in [5.41, 5.74) is 0.464. The largest absolute Gasteiger partial charge is 0.313 e. The van der Waals surface area contributed by atoms with Crippen LogP contribution in [0.5, 0.6) is 0 Å². The standard InChI is InChI=1S/C12H8Cl2N4O/c13-10-11(14)18(6-15-10)5-9-16-8-4-2-1-3-7(8)12(19)17-9/h1-4,6H,5H2,(H,16,17,19). The maximum atomic E-state index is 11.9. The minimum Gasteiger partial charge on any atom is -0.313 e. The highest BCUT2D eigenvalue weighted by molar-refractivity contribution is 6.40. The summed E-state index contributed by atoms with van der Waals surface area (Å²) in [5, 5.41) is 1.10. The maximum Gasteiger partial charge on any atom is 0.258 e. The molecule has 1 N–H and O–H groups in total. The number of aromatic nitrogens is 4. The van der Waals surface area contributed by atoms with Gasteiger partial charge in [-0.2, -0.15) is 0 Å². The van der Waals surface area contributed by atoms with Crippen LogP contribution >= 0.6 is 23.2 Å². The number of imidazole rings is 1. The van der Waals surface area contributed by atoms with Gasteiger partial charge in [0.25, 0.3) is 5.56 Å². The molecule has 0 fully saturated rings. The van der Waals surface area contributed by atoms with Gasteiger partial charge in [0, 0.05) is 0 Å². The fourth-order valence-electron chi connectivity index (χ4n) is 1.82. The van der Waals surface area contributed by atoms with Gasteiger partial charge in [0.2, 0.25) is 0 Å². The highest BCUT2D eigenvalue weighted by Gasteiger charge is 2.09. The Hall–Kier alpha value is -1.85. The molecular formula is C12H8Cl2N4O. The van der Waals surface area contributed by atoms with Gasteiger partial charge in [-0.1, -0.05) is 35.3 Å². The van der Waals surface area contributed by atoms with E-state index in [4.69, 9.17) is 23.2 Å². The molecule has 7 heteroatoms. The molecule has 0 atom stereocenters. The molecule has 3 aromatic rings. The lowest BCUT2D eigenvalue weighted by molar-refractivity contribution is 0.745. The van der Waals surface area contributed by atoms with Crippen molar-refractivity contribution in [2.75, 3.05) is 0 Å². The van der Waals surface area contributed by atoms with Crippen LogP contribution in [-0.2, 0) is 6.54 Å². The second-order valence-corrected chi connectivity index (χ2v) is 4.70. The first-order valence-electron chi connectivity index (χ1n) is 5.49. The Bertz CT molecular complexity index is 809. The first-order chi connectivity index (χ1) is 9.15. The molecule has 5 nitrogen and oxygen atoms in total. The van der Waals surface area contributed by atoms with Crippen LogP contribution in [0, 0.1) is 0 Å². The lowest BCUT2D eigenvalue weighted by atomic mass is 10.2. The van der Waals surface area contributed by atoms with Crippen LogP contribution in [0.25, 0.3) is 10.9 Å². The van der Waals surface area contributed by atoms with E-state index in [-0.39, 0.29) is 10.7 Å². The van der Waals surface area contributed by atoms with Crippen molar-refractivity contribution in [3.8, 4) is 0 Å². The molecule has 0 aliphatic rings. The fourth-order valence-corrected chi connectivity index (χ4v) is 2.13. The van der Waals surface area contributed by atoms with E-state index in [0.717, 1.165) is 0 Å². The van der Waals surface area contributed by atoms with Gasteiger partial charge >= 0.3 is 0 Å². The van der Waals surface area contributed by atoms with E-state index >= 15 is 0 Å². The number of para-hydroxylation sites is 1. The Morgan fingerprint density at radius 3 is 2.79 bits per heavy atom. The van der Waals surface area contributed by atoms with Gasteiger partial charge in [-0.15, -0.1) is 0 Å². The van der Waals surface area contributed by atoms with E-state index in [1.807, 2.05) is 6.07 Å². The Morgan fingerprint density at radius 2 is 2.05 bits per heavy atom. The number of aromatic amines is 1. The molecule has 0 aliphatic heterocycles. The Labute approximate surface area is 117 Å². The molecule has 1 aromatic carbocycles. The molecule has 0 spiro atoms. The van der Waals surface area contributed by atoms with Crippen molar-refractivity contribution >= 4 is 34.1 Å². The van der Waals surface area contributed by atoms with Crippen LogP contribution in [0.1, 0.15) is 5.82 Å². The third-order valence-corrected chi connectivity index (χ3v) is 3.48. The maximum absolute atomic E-state index is 11.9. The zero-order valence-electron chi connectivity index (χ0n) is 9.60. The summed E-state index contributed by atoms with van der Waals surface area (Å²) in [7, 11) is 0. The second kappa shape index (κ2) is 4.68. The Morgan fingerprint density at radius 1 is 1.26 bits per heavy atom. The molecule has 0 saturated heterocycles. The predicted molar refractivity (Wildman–Crippen MR) is 73.7 cm³/mol. The van der Waals surface area contributed by atoms with E-state index in [9.17, 15) is 4.79 Å². The predicted octanol–water partition coefficient (Wildman–Crippen LogP) is 2.47. The van der Waals surface area contributed by atoms with Crippen LogP contribution in [0.15, 0.2) is 35.4 Å². The number of H-pyrrole nitrogens is 1. The molecule has 0 unspecified atom stereocenters. The van der Waals surface area contributed by atoms with Gasteiger partial charge in [0.15, 0.2) is 5.15 Å². The summed E-state index contributed by atoms with van der Waals surface area (Å²) >= 11 is 11.7. The summed E-state index contributed by atoms with van der Waals surface area (Å²) in [4.78, 5) is 22.9. The van der Waals surface area contributed by atoms with Crippen molar-refractivity contribution in [2.45, 2.75) is 6.54 Å². The SMILES string of the molecule is O=c1[nH]c(Cn2cnc(Cl)c2Cl)nc2ccccc12. The van der Waals surface area contributed by atoms with E-state index in [1.165, 1.54) is 6.33 Å². The van der Waals surface area contributed by atoms with Gasteiger partial charge in [-0.05, 0) is 12.1 Å². The molecule has 0 amide bonds. The molecule has 2 heterocycles. The van der Waals surface area contributed by atoms with Gasteiger partial charge in [-0.3, -0.25) is 4.79 Å². The molecular weight excluding hydrogens is 287 g/mol. The average Bonchev–Trinajstić information content (AvgIpc) is 2.71. The Balaban J connectivity index is 2.07. The molecule has 3 rings (SSSR count). The second-order valence-electron chi connectivity index (χ2n) is 3.98. The van der Waals surface area contributed by atoms with Crippen molar-refractivity contribution in [3.63, 3.8) is 0 Å². The zero-order valence-corrected chi connectivity index (χ0v) is 11.1. The number of nitrogens with zero attached hydrogens (tertiary/aromatic N) is 3. The van der Waals surface area contributed by atoms with Crippen LogP contribution < -0.4 is 5.56 Å². The van der Waals surface area contributed by atoms with Crippen LogP contribution in [-0.4, -0.2) is 19.5 Å². The number of halogens is 2. The molecule has 0 aliphatic carbocycles. The highest BCUT2D eigenvalue weighted by Crippen LogP contribution is 2.20. The molecule has 19 heavy (non-hydrogen) atoms. The molecule has 0 radical (unpaired) electrons.